The number of carbonyl (C=O) groups excluding carboxylic acids is 1. The standard InChI is InChI=1S/C16H18N4O3/c1-10(15-18-14(19-23-15)11-5-6-11)17-12-3-2-4-13(9-12)20-7-8-22-16(20)21/h2-4,9-11,17H,5-8H2,1H3. The molecule has 2 fully saturated rings. The number of anilines is 2. The summed E-state index contributed by atoms with van der Waals surface area (Å²) >= 11 is 0. The first-order valence-corrected chi connectivity index (χ1v) is 7.85. The number of hydrogen-bond acceptors (Lipinski definition) is 6. The minimum atomic E-state index is -0.304. The van der Waals surface area contributed by atoms with Crippen LogP contribution in [-0.2, 0) is 4.74 Å². The summed E-state index contributed by atoms with van der Waals surface area (Å²) in [5.41, 5.74) is 1.70. The van der Waals surface area contributed by atoms with Crippen molar-refractivity contribution in [3.63, 3.8) is 0 Å². The Morgan fingerprint density at radius 3 is 3.00 bits per heavy atom. The van der Waals surface area contributed by atoms with Crippen LogP contribution in [0.3, 0.4) is 0 Å². The molecule has 7 nitrogen and oxygen atoms in total. The van der Waals surface area contributed by atoms with Gasteiger partial charge in [0.05, 0.1) is 6.54 Å². The Bertz CT molecular complexity index is 726. The monoisotopic (exact) mass is 314 g/mol. The van der Waals surface area contributed by atoms with Crippen LogP contribution in [-0.4, -0.2) is 29.4 Å². The number of ether oxygens (including phenoxy) is 1. The van der Waals surface area contributed by atoms with E-state index in [2.05, 4.69) is 15.5 Å². The molecule has 23 heavy (non-hydrogen) atoms. The maximum atomic E-state index is 11.7. The predicted molar refractivity (Wildman–Crippen MR) is 83.4 cm³/mol. The fourth-order valence-corrected chi connectivity index (χ4v) is 2.63. The zero-order valence-corrected chi connectivity index (χ0v) is 12.9. The predicted octanol–water partition coefficient (Wildman–Crippen LogP) is 3.08. The van der Waals surface area contributed by atoms with Gasteiger partial charge in [-0.2, -0.15) is 4.98 Å². The summed E-state index contributed by atoms with van der Waals surface area (Å²) in [5.74, 6) is 1.87. The first-order valence-electron chi connectivity index (χ1n) is 7.85. The zero-order chi connectivity index (χ0) is 15.8. The molecule has 1 saturated carbocycles. The van der Waals surface area contributed by atoms with Crippen molar-refractivity contribution in [2.24, 2.45) is 0 Å². The Morgan fingerprint density at radius 1 is 1.39 bits per heavy atom. The number of nitrogens with one attached hydrogen (secondary N) is 1. The van der Waals surface area contributed by atoms with E-state index >= 15 is 0 Å². The van der Waals surface area contributed by atoms with Gasteiger partial charge in [-0.25, -0.2) is 4.79 Å². The quantitative estimate of drug-likeness (QED) is 0.913. The van der Waals surface area contributed by atoms with Crippen molar-refractivity contribution >= 4 is 17.5 Å². The van der Waals surface area contributed by atoms with Crippen molar-refractivity contribution in [2.45, 2.75) is 31.7 Å². The molecular formula is C16H18N4O3. The molecule has 1 unspecified atom stereocenters. The van der Waals surface area contributed by atoms with Gasteiger partial charge in [-0.1, -0.05) is 11.2 Å². The zero-order valence-electron chi connectivity index (χ0n) is 12.9. The molecule has 1 aromatic carbocycles. The summed E-state index contributed by atoms with van der Waals surface area (Å²) in [5, 5.41) is 7.37. The molecule has 2 aliphatic rings. The average Bonchev–Trinajstić information content (AvgIpc) is 3.11. The Kier molecular flexibility index (Phi) is 3.40. The van der Waals surface area contributed by atoms with Crippen LogP contribution in [0.1, 0.15) is 43.4 Å². The lowest BCUT2D eigenvalue weighted by Crippen LogP contribution is -2.23. The summed E-state index contributed by atoms with van der Waals surface area (Å²) in [6.45, 7) is 2.98. The highest BCUT2D eigenvalue weighted by molar-refractivity contribution is 5.89. The van der Waals surface area contributed by atoms with Gasteiger partial charge < -0.3 is 14.6 Å². The molecule has 4 rings (SSSR count). The largest absolute Gasteiger partial charge is 0.447 e. The van der Waals surface area contributed by atoms with Gasteiger partial charge in [0.15, 0.2) is 5.82 Å². The molecule has 0 bridgehead atoms. The molecule has 2 heterocycles. The highest BCUT2D eigenvalue weighted by Gasteiger charge is 2.29. The molecule has 1 saturated heterocycles. The van der Waals surface area contributed by atoms with Crippen LogP contribution < -0.4 is 10.2 Å². The maximum Gasteiger partial charge on any atom is 0.414 e. The number of nitrogens with zero attached hydrogens (tertiary/aromatic N) is 3. The molecule has 1 aliphatic heterocycles. The summed E-state index contributed by atoms with van der Waals surface area (Å²) in [6, 6.07) is 7.55. The van der Waals surface area contributed by atoms with Crippen LogP contribution in [0.15, 0.2) is 28.8 Å². The van der Waals surface area contributed by atoms with Gasteiger partial charge in [0.1, 0.15) is 12.6 Å². The van der Waals surface area contributed by atoms with Gasteiger partial charge in [0, 0.05) is 17.3 Å². The summed E-state index contributed by atoms with van der Waals surface area (Å²) in [7, 11) is 0. The fraction of sp³-hybridized carbons (Fsp3) is 0.438. The second kappa shape index (κ2) is 5.57. The van der Waals surface area contributed by atoms with Gasteiger partial charge >= 0.3 is 6.09 Å². The van der Waals surface area contributed by atoms with E-state index in [0.29, 0.717) is 25.0 Å². The van der Waals surface area contributed by atoms with Crippen molar-refractivity contribution in [3.05, 3.63) is 36.0 Å². The molecule has 1 aliphatic carbocycles. The Morgan fingerprint density at radius 2 is 2.26 bits per heavy atom. The van der Waals surface area contributed by atoms with Crippen LogP contribution in [0.25, 0.3) is 0 Å². The second-order valence-electron chi connectivity index (χ2n) is 5.95. The topological polar surface area (TPSA) is 80.5 Å². The number of amides is 1. The molecule has 2 aromatic rings. The van der Waals surface area contributed by atoms with E-state index in [1.807, 2.05) is 31.2 Å². The van der Waals surface area contributed by atoms with Gasteiger partial charge in [-0.3, -0.25) is 4.90 Å². The van der Waals surface area contributed by atoms with E-state index < -0.39 is 0 Å². The fourth-order valence-electron chi connectivity index (χ4n) is 2.63. The van der Waals surface area contributed by atoms with E-state index in [9.17, 15) is 4.79 Å². The SMILES string of the molecule is CC(Nc1cccc(N2CCOC2=O)c1)c1nc(C2CC2)no1. The molecule has 1 amide bonds. The first-order chi connectivity index (χ1) is 11.2. The number of aromatic nitrogens is 2. The Labute approximate surface area is 133 Å². The molecule has 0 spiro atoms. The molecular weight excluding hydrogens is 296 g/mol. The van der Waals surface area contributed by atoms with Crippen molar-refractivity contribution in [2.75, 3.05) is 23.4 Å². The molecule has 7 heteroatoms. The van der Waals surface area contributed by atoms with E-state index in [4.69, 9.17) is 9.26 Å². The smallest absolute Gasteiger partial charge is 0.414 e. The van der Waals surface area contributed by atoms with Crippen LogP contribution in [0, 0.1) is 0 Å². The lowest BCUT2D eigenvalue weighted by atomic mass is 10.2. The van der Waals surface area contributed by atoms with Crippen LogP contribution in [0.5, 0.6) is 0 Å². The third-order valence-corrected chi connectivity index (χ3v) is 4.07. The summed E-state index contributed by atoms with van der Waals surface area (Å²) < 4.78 is 10.3. The van der Waals surface area contributed by atoms with Crippen molar-refractivity contribution in [1.29, 1.82) is 0 Å². The van der Waals surface area contributed by atoms with Gasteiger partial charge in [-0.05, 0) is 38.0 Å². The van der Waals surface area contributed by atoms with Gasteiger partial charge in [-0.15, -0.1) is 0 Å². The lowest BCUT2D eigenvalue weighted by molar-refractivity contribution is 0.181. The average molecular weight is 314 g/mol. The highest BCUT2D eigenvalue weighted by Crippen LogP contribution is 2.38. The molecule has 1 aromatic heterocycles. The lowest BCUT2D eigenvalue weighted by Gasteiger charge is -2.16. The maximum absolute atomic E-state index is 11.7. The summed E-state index contributed by atoms with van der Waals surface area (Å²) in [4.78, 5) is 17.7. The Hall–Kier alpha value is -2.57. The number of carbonyl (C=O) groups is 1. The van der Waals surface area contributed by atoms with Gasteiger partial charge in [0.2, 0.25) is 5.89 Å². The van der Waals surface area contributed by atoms with Gasteiger partial charge in [0.25, 0.3) is 0 Å². The summed E-state index contributed by atoms with van der Waals surface area (Å²) in [6.07, 6.45) is 1.99. The van der Waals surface area contributed by atoms with E-state index in [1.54, 1.807) is 4.90 Å². The minimum absolute atomic E-state index is 0.101. The number of hydrogen-bond donors (Lipinski definition) is 1. The van der Waals surface area contributed by atoms with Crippen molar-refractivity contribution < 1.29 is 14.1 Å². The number of cyclic esters (lactones) is 1. The highest BCUT2D eigenvalue weighted by atomic mass is 16.6. The molecule has 1 N–H and O–H groups in total. The van der Waals surface area contributed by atoms with Crippen LogP contribution in [0.2, 0.25) is 0 Å². The third-order valence-electron chi connectivity index (χ3n) is 4.07. The van der Waals surface area contributed by atoms with Crippen LogP contribution in [0.4, 0.5) is 16.2 Å². The van der Waals surface area contributed by atoms with Crippen molar-refractivity contribution in [3.8, 4) is 0 Å². The number of benzene rings is 1. The molecule has 0 radical (unpaired) electrons. The third kappa shape index (κ3) is 2.86. The van der Waals surface area contributed by atoms with Crippen LogP contribution >= 0.6 is 0 Å². The minimum Gasteiger partial charge on any atom is -0.447 e. The molecule has 1 atom stereocenters. The molecule has 120 valence electrons. The first kappa shape index (κ1) is 14.0. The normalized spacial score (nSPS) is 18.8. The van der Waals surface area contributed by atoms with Crippen molar-refractivity contribution in [1.82, 2.24) is 10.1 Å². The Balaban J connectivity index is 1.48. The number of rotatable bonds is 5. The van der Waals surface area contributed by atoms with E-state index in [1.165, 1.54) is 0 Å². The van der Waals surface area contributed by atoms with E-state index in [0.717, 1.165) is 30.0 Å². The second-order valence-corrected chi connectivity index (χ2v) is 5.95. The van der Waals surface area contributed by atoms with E-state index in [-0.39, 0.29) is 12.1 Å².